The molecular weight excluding hydrogens is 148 g/mol. The van der Waals surface area contributed by atoms with Crippen LogP contribution in [0.25, 0.3) is 0 Å². The zero-order valence-corrected chi connectivity index (χ0v) is 6.21. The van der Waals surface area contributed by atoms with E-state index in [4.69, 9.17) is 5.11 Å². The van der Waals surface area contributed by atoms with E-state index in [1.165, 1.54) is 0 Å². The van der Waals surface area contributed by atoms with Crippen molar-refractivity contribution in [1.29, 1.82) is 0 Å². The van der Waals surface area contributed by atoms with Crippen LogP contribution in [0.4, 0.5) is 0 Å². The summed E-state index contributed by atoms with van der Waals surface area (Å²) < 4.78 is 4.54. The Morgan fingerprint density at radius 1 is 1.40 bits per heavy atom. The highest BCUT2D eigenvalue weighted by Gasteiger charge is 1.96. The van der Waals surface area contributed by atoms with E-state index in [0.29, 0.717) is 6.61 Å². The minimum Gasteiger partial charge on any atom is -0.508 e. The third kappa shape index (κ3) is 1.65. The van der Waals surface area contributed by atoms with Crippen molar-refractivity contribution in [2.45, 2.75) is 6.61 Å². The van der Waals surface area contributed by atoms with Gasteiger partial charge in [-0.3, -0.25) is 0 Å². The highest BCUT2D eigenvalue weighted by atomic mass is 32.1. The Hall–Kier alpha value is -0.670. The van der Waals surface area contributed by atoms with Crippen LogP contribution in [0.3, 0.4) is 0 Å². The Bertz CT molecular complexity index is 213. The Morgan fingerprint density at radius 3 is 2.70 bits per heavy atom. The van der Waals surface area contributed by atoms with Crippen LogP contribution >= 0.6 is 12.9 Å². The lowest BCUT2D eigenvalue weighted by Gasteiger charge is -1.99. The molecule has 0 atom stereocenters. The molecule has 0 spiro atoms. The molecule has 0 bridgehead atoms. The van der Waals surface area contributed by atoms with E-state index in [-0.39, 0.29) is 5.75 Å². The highest BCUT2D eigenvalue weighted by molar-refractivity contribution is 7.75. The average molecular weight is 156 g/mol. The van der Waals surface area contributed by atoms with Gasteiger partial charge in [0.15, 0.2) is 0 Å². The molecule has 0 aliphatic carbocycles. The minimum atomic E-state index is 0.247. The molecule has 0 aliphatic rings. The summed E-state index contributed by atoms with van der Waals surface area (Å²) in [4.78, 5) is 0. The summed E-state index contributed by atoms with van der Waals surface area (Å²) in [7, 11) is 0. The van der Waals surface area contributed by atoms with Crippen molar-refractivity contribution in [3.63, 3.8) is 0 Å². The van der Waals surface area contributed by atoms with E-state index in [1.54, 1.807) is 18.2 Å². The van der Waals surface area contributed by atoms with Gasteiger partial charge in [-0.25, -0.2) is 0 Å². The number of hydrogen-bond donors (Lipinski definition) is 2. The van der Waals surface area contributed by atoms with Crippen molar-refractivity contribution < 1.29 is 9.29 Å². The largest absolute Gasteiger partial charge is 0.508 e. The lowest BCUT2D eigenvalue weighted by Crippen LogP contribution is -1.83. The van der Waals surface area contributed by atoms with E-state index in [9.17, 15) is 0 Å². The third-order valence-corrected chi connectivity index (χ3v) is 1.34. The van der Waals surface area contributed by atoms with Crippen LogP contribution in [0, 0.1) is 0 Å². The number of para-hydroxylation sites is 1. The second-order valence-corrected chi connectivity index (χ2v) is 2.16. The molecular formula is C7H8O2S. The van der Waals surface area contributed by atoms with Crippen molar-refractivity contribution in [2.75, 3.05) is 0 Å². The van der Waals surface area contributed by atoms with Gasteiger partial charge in [-0.2, -0.15) is 0 Å². The van der Waals surface area contributed by atoms with Crippen molar-refractivity contribution >= 4 is 12.9 Å². The zero-order valence-electron chi connectivity index (χ0n) is 5.32. The van der Waals surface area contributed by atoms with Gasteiger partial charge in [-0.05, 0) is 19.0 Å². The first-order valence-corrected chi connectivity index (χ1v) is 3.24. The van der Waals surface area contributed by atoms with Crippen LogP contribution < -0.4 is 0 Å². The maximum atomic E-state index is 9.13. The first-order valence-electron chi connectivity index (χ1n) is 2.88. The number of thiol groups is 1. The van der Waals surface area contributed by atoms with Crippen LogP contribution in [0.5, 0.6) is 5.75 Å². The Labute approximate surface area is 65.1 Å². The molecule has 0 aromatic heterocycles. The van der Waals surface area contributed by atoms with Crippen LogP contribution in [-0.4, -0.2) is 5.11 Å². The number of phenolic OH excluding ortho intramolecular Hbond substituents is 1. The summed E-state index contributed by atoms with van der Waals surface area (Å²) in [6, 6.07) is 6.99. The van der Waals surface area contributed by atoms with Crippen LogP contribution in [0.1, 0.15) is 5.56 Å². The molecule has 10 heavy (non-hydrogen) atoms. The second-order valence-electron chi connectivity index (χ2n) is 1.90. The normalized spacial score (nSPS) is 9.70. The van der Waals surface area contributed by atoms with Gasteiger partial charge in [0.25, 0.3) is 0 Å². The van der Waals surface area contributed by atoms with E-state index < -0.39 is 0 Å². The molecule has 2 nitrogen and oxygen atoms in total. The van der Waals surface area contributed by atoms with Crippen molar-refractivity contribution in [2.24, 2.45) is 0 Å². The maximum absolute atomic E-state index is 9.13. The van der Waals surface area contributed by atoms with Crippen LogP contribution in [0.2, 0.25) is 0 Å². The van der Waals surface area contributed by atoms with Crippen molar-refractivity contribution in [3.8, 4) is 5.75 Å². The minimum absolute atomic E-state index is 0.247. The lowest BCUT2D eigenvalue weighted by molar-refractivity contribution is 0.358. The Balaban J connectivity index is 2.81. The van der Waals surface area contributed by atoms with Gasteiger partial charge in [0.2, 0.25) is 0 Å². The van der Waals surface area contributed by atoms with E-state index in [1.807, 2.05) is 6.07 Å². The monoisotopic (exact) mass is 156 g/mol. The summed E-state index contributed by atoms with van der Waals surface area (Å²) >= 11 is 3.57. The number of hydrogen-bond acceptors (Lipinski definition) is 3. The summed E-state index contributed by atoms with van der Waals surface area (Å²) in [5.41, 5.74) is 0.748. The summed E-state index contributed by atoms with van der Waals surface area (Å²) in [5, 5.41) is 9.13. The van der Waals surface area contributed by atoms with Crippen LogP contribution in [-0.2, 0) is 10.8 Å². The Kier molecular flexibility index (Phi) is 2.59. The standard InChI is InChI=1S/C7H8O2S/c8-7-4-2-1-3-6(7)5-9-10/h1-4,8,10H,5H2. The first kappa shape index (κ1) is 7.44. The molecule has 0 radical (unpaired) electrons. The molecule has 0 fully saturated rings. The molecule has 0 saturated heterocycles. The molecule has 0 unspecified atom stereocenters. The molecule has 1 N–H and O–H groups in total. The first-order chi connectivity index (χ1) is 4.84. The van der Waals surface area contributed by atoms with E-state index in [2.05, 4.69) is 17.1 Å². The van der Waals surface area contributed by atoms with Crippen LogP contribution in [0.15, 0.2) is 24.3 Å². The second kappa shape index (κ2) is 3.49. The molecule has 54 valence electrons. The molecule has 1 rings (SSSR count). The molecule has 0 saturated carbocycles. The molecule has 3 heteroatoms. The summed E-state index contributed by atoms with van der Waals surface area (Å²) in [5.74, 6) is 0.247. The average Bonchev–Trinajstić information content (AvgIpc) is 1.94. The SMILES string of the molecule is Oc1ccccc1COS. The quantitative estimate of drug-likeness (QED) is 0.504. The number of aromatic hydroxyl groups is 1. The fraction of sp³-hybridized carbons (Fsp3) is 0.143. The predicted octanol–water partition coefficient (Wildman–Crippen LogP) is 1.75. The van der Waals surface area contributed by atoms with E-state index in [0.717, 1.165) is 5.56 Å². The molecule has 0 aliphatic heterocycles. The van der Waals surface area contributed by atoms with Crippen molar-refractivity contribution in [1.82, 2.24) is 0 Å². The number of benzene rings is 1. The smallest absolute Gasteiger partial charge is 0.121 e. The number of rotatable bonds is 2. The van der Waals surface area contributed by atoms with Gasteiger partial charge in [0.1, 0.15) is 5.75 Å². The highest BCUT2D eigenvalue weighted by Crippen LogP contribution is 2.16. The molecule has 1 aromatic rings. The van der Waals surface area contributed by atoms with Gasteiger partial charge in [0.05, 0.1) is 6.61 Å². The Morgan fingerprint density at radius 2 is 2.10 bits per heavy atom. The third-order valence-electron chi connectivity index (χ3n) is 1.21. The number of phenols is 1. The maximum Gasteiger partial charge on any atom is 0.121 e. The zero-order chi connectivity index (χ0) is 7.40. The van der Waals surface area contributed by atoms with Gasteiger partial charge in [-0.1, -0.05) is 18.2 Å². The van der Waals surface area contributed by atoms with Crippen molar-refractivity contribution in [3.05, 3.63) is 29.8 Å². The topological polar surface area (TPSA) is 29.5 Å². The molecule has 1 aromatic carbocycles. The van der Waals surface area contributed by atoms with Gasteiger partial charge in [0, 0.05) is 5.56 Å². The predicted molar refractivity (Wildman–Crippen MR) is 41.9 cm³/mol. The summed E-state index contributed by atoms with van der Waals surface area (Å²) in [6.07, 6.45) is 0. The van der Waals surface area contributed by atoms with Gasteiger partial charge in [-0.15, -0.1) is 0 Å². The fourth-order valence-electron chi connectivity index (χ4n) is 0.702. The van der Waals surface area contributed by atoms with Gasteiger partial charge >= 0.3 is 0 Å². The molecule has 0 heterocycles. The lowest BCUT2D eigenvalue weighted by atomic mass is 10.2. The molecule has 0 amide bonds. The fourth-order valence-corrected chi connectivity index (χ4v) is 0.842. The summed E-state index contributed by atoms with van der Waals surface area (Å²) in [6.45, 7) is 0.329. The van der Waals surface area contributed by atoms with E-state index >= 15 is 0 Å². The van der Waals surface area contributed by atoms with Gasteiger partial charge < -0.3 is 9.29 Å².